The SMILES string of the molecule is COc1c(C(N)=O)c(-c2ccccc2)n(C)c(=O)c1-n1ccnc1. The zero-order valence-corrected chi connectivity index (χ0v) is 13.3. The average molecular weight is 324 g/mol. The number of hydrogen-bond acceptors (Lipinski definition) is 4. The van der Waals surface area contributed by atoms with E-state index in [0.717, 1.165) is 0 Å². The Morgan fingerprint density at radius 1 is 1.25 bits per heavy atom. The molecule has 0 aliphatic rings. The van der Waals surface area contributed by atoms with E-state index in [2.05, 4.69) is 4.98 Å². The summed E-state index contributed by atoms with van der Waals surface area (Å²) in [6.45, 7) is 0. The molecule has 2 aromatic heterocycles. The van der Waals surface area contributed by atoms with E-state index in [1.54, 1.807) is 25.4 Å². The summed E-state index contributed by atoms with van der Waals surface area (Å²) in [6, 6.07) is 9.10. The molecule has 0 radical (unpaired) electrons. The maximum Gasteiger partial charge on any atom is 0.278 e. The number of pyridine rings is 1. The quantitative estimate of drug-likeness (QED) is 0.784. The molecule has 0 bridgehead atoms. The van der Waals surface area contributed by atoms with Crippen LogP contribution in [0, 0.1) is 0 Å². The highest BCUT2D eigenvalue weighted by Crippen LogP contribution is 2.32. The molecule has 2 N–H and O–H groups in total. The van der Waals surface area contributed by atoms with Gasteiger partial charge in [0.1, 0.15) is 5.56 Å². The number of primary amides is 1. The molecule has 0 aliphatic heterocycles. The Morgan fingerprint density at radius 3 is 2.50 bits per heavy atom. The van der Waals surface area contributed by atoms with Crippen LogP contribution in [0.2, 0.25) is 0 Å². The number of rotatable bonds is 4. The number of hydrogen-bond donors (Lipinski definition) is 1. The highest BCUT2D eigenvalue weighted by Gasteiger charge is 2.26. The number of methoxy groups -OCH3 is 1. The Bertz CT molecular complexity index is 944. The van der Waals surface area contributed by atoms with Gasteiger partial charge in [-0.05, 0) is 5.56 Å². The second-order valence-electron chi connectivity index (χ2n) is 5.17. The Kier molecular flexibility index (Phi) is 3.91. The van der Waals surface area contributed by atoms with Gasteiger partial charge in [0, 0.05) is 19.4 Å². The van der Waals surface area contributed by atoms with Gasteiger partial charge < -0.3 is 15.0 Å². The topological polar surface area (TPSA) is 92.1 Å². The molecule has 7 nitrogen and oxygen atoms in total. The third kappa shape index (κ3) is 2.36. The van der Waals surface area contributed by atoms with Crippen molar-refractivity contribution in [3.05, 3.63) is 65.0 Å². The van der Waals surface area contributed by atoms with Crippen LogP contribution in [-0.4, -0.2) is 27.1 Å². The van der Waals surface area contributed by atoms with E-state index in [1.165, 1.54) is 28.8 Å². The molecule has 0 spiro atoms. The fraction of sp³-hybridized carbons (Fsp3) is 0.118. The van der Waals surface area contributed by atoms with Gasteiger partial charge in [-0.1, -0.05) is 30.3 Å². The summed E-state index contributed by atoms with van der Waals surface area (Å²) in [6.07, 6.45) is 4.60. The number of nitrogens with zero attached hydrogens (tertiary/aromatic N) is 3. The van der Waals surface area contributed by atoms with Crippen LogP contribution in [0.5, 0.6) is 5.75 Å². The first-order valence-electron chi connectivity index (χ1n) is 7.20. The van der Waals surface area contributed by atoms with Crippen LogP contribution < -0.4 is 16.0 Å². The van der Waals surface area contributed by atoms with E-state index in [4.69, 9.17) is 10.5 Å². The smallest absolute Gasteiger partial charge is 0.278 e. The highest BCUT2D eigenvalue weighted by molar-refractivity contribution is 6.02. The van der Waals surface area contributed by atoms with Crippen molar-refractivity contribution in [2.75, 3.05) is 7.11 Å². The van der Waals surface area contributed by atoms with E-state index >= 15 is 0 Å². The lowest BCUT2D eigenvalue weighted by Crippen LogP contribution is -2.29. The standard InChI is InChI=1S/C17H16N4O3/c1-20-13(11-6-4-3-5-7-11)12(16(18)22)15(24-2)14(17(20)23)21-9-8-19-10-21/h3-10H,1-2H3,(H2,18,22). The lowest BCUT2D eigenvalue weighted by Gasteiger charge is -2.19. The fourth-order valence-electron chi connectivity index (χ4n) is 2.73. The zero-order chi connectivity index (χ0) is 17.3. The van der Waals surface area contributed by atoms with Gasteiger partial charge in [0.2, 0.25) is 0 Å². The van der Waals surface area contributed by atoms with Gasteiger partial charge in [-0.25, -0.2) is 4.98 Å². The van der Waals surface area contributed by atoms with Crippen LogP contribution in [0.4, 0.5) is 0 Å². The van der Waals surface area contributed by atoms with Crippen LogP contribution in [0.15, 0.2) is 53.8 Å². The summed E-state index contributed by atoms with van der Waals surface area (Å²) in [5.41, 5.74) is 6.73. The van der Waals surface area contributed by atoms with Crippen molar-refractivity contribution in [2.24, 2.45) is 12.8 Å². The maximum absolute atomic E-state index is 12.9. The van der Waals surface area contributed by atoms with Crippen LogP contribution >= 0.6 is 0 Å². The van der Waals surface area contributed by atoms with Crippen molar-refractivity contribution in [1.82, 2.24) is 14.1 Å². The van der Waals surface area contributed by atoms with Crippen molar-refractivity contribution in [3.8, 4) is 22.7 Å². The van der Waals surface area contributed by atoms with Crippen molar-refractivity contribution >= 4 is 5.91 Å². The Labute approximate surface area is 137 Å². The molecule has 3 aromatic rings. The molecule has 0 fully saturated rings. The van der Waals surface area contributed by atoms with Gasteiger partial charge in [0.25, 0.3) is 11.5 Å². The predicted octanol–water partition coefficient (Wildman–Crippen LogP) is 1.35. The second-order valence-corrected chi connectivity index (χ2v) is 5.17. The molecule has 0 saturated heterocycles. The van der Waals surface area contributed by atoms with Crippen molar-refractivity contribution in [3.63, 3.8) is 0 Å². The van der Waals surface area contributed by atoms with Gasteiger partial charge in [0.15, 0.2) is 11.4 Å². The number of imidazole rings is 1. The van der Waals surface area contributed by atoms with Crippen LogP contribution in [-0.2, 0) is 7.05 Å². The molecular formula is C17H16N4O3. The summed E-state index contributed by atoms with van der Waals surface area (Å²) >= 11 is 0. The van der Waals surface area contributed by atoms with Gasteiger partial charge in [-0.2, -0.15) is 0 Å². The Morgan fingerprint density at radius 2 is 1.96 bits per heavy atom. The maximum atomic E-state index is 12.9. The molecular weight excluding hydrogens is 308 g/mol. The van der Waals surface area contributed by atoms with Crippen molar-refractivity contribution in [2.45, 2.75) is 0 Å². The zero-order valence-electron chi connectivity index (χ0n) is 13.3. The Hall–Kier alpha value is -3.35. The van der Waals surface area contributed by atoms with Gasteiger partial charge in [-0.15, -0.1) is 0 Å². The number of nitrogens with two attached hydrogens (primary N) is 1. The third-order valence-corrected chi connectivity index (χ3v) is 3.78. The van der Waals surface area contributed by atoms with Crippen LogP contribution in [0.1, 0.15) is 10.4 Å². The molecule has 2 heterocycles. The normalized spacial score (nSPS) is 10.6. The third-order valence-electron chi connectivity index (χ3n) is 3.78. The first-order valence-corrected chi connectivity index (χ1v) is 7.20. The average Bonchev–Trinajstić information content (AvgIpc) is 3.11. The molecule has 1 aromatic carbocycles. The van der Waals surface area contributed by atoms with Crippen molar-refractivity contribution in [1.29, 1.82) is 0 Å². The minimum absolute atomic E-state index is 0.127. The Balaban J connectivity index is 2.47. The van der Waals surface area contributed by atoms with E-state index in [-0.39, 0.29) is 22.6 Å². The molecule has 3 rings (SSSR count). The van der Waals surface area contributed by atoms with Gasteiger partial charge >= 0.3 is 0 Å². The molecule has 1 amide bonds. The van der Waals surface area contributed by atoms with Crippen LogP contribution in [0.3, 0.4) is 0 Å². The molecule has 0 unspecified atom stereocenters. The predicted molar refractivity (Wildman–Crippen MR) is 89.3 cm³/mol. The largest absolute Gasteiger partial charge is 0.493 e. The van der Waals surface area contributed by atoms with E-state index in [1.807, 2.05) is 18.2 Å². The summed E-state index contributed by atoms with van der Waals surface area (Å²) in [5.74, 6) is -0.551. The van der Waals surface area contributed by atoms with Crippen LogP contribution in [0.25, 0.3) is 16.9 Å². The van der Waals surface area contributed by atoms with E-state index in [0.29, 0.717) is 11.3 Å². The van der Waals surface area contributed by atoms with E-state index in [9.17, 15) is 9.59 Å². The molecule has 7 heteroatoms. The van der Waals surface area contributed by atoms with E-state index < -0.39 is 5.91 Å². The van der Waals surface area contributed by atoms with Gasteiger partial charge in [-0.3, -0.25) is 14.2 Å². The van der Waals surface area contributed by atoms with Gasteiger partial charge in [0.05, 0.1) is 19.1 Å². The lowest BCUT2D eigenvalue weighted by atomic mass is 10.0. The minimum Gasteiger partial charge on any atom is -0.493 e. The lowest BCUT2D eigenvalue weighted by molar-refractivity contribution is 0.0997. The highest BCUT2D eigenvalue weighted by atomic mass is 16.5. The molecule has 122 valence electrons. The summed E-state index contributed by atoms with van der Waals surface area (Å²) in [7, 11) is 2.99. The monoisotopic (exact) mass is 324 g/mol. The molecule has 0 aliphatic carbocycles. The summed E-state index contributed by atoms with van der Waals surface area (Å²) in [5, 5.41) is 0. The molecule has 0 saturated carbocycles. The number of amides is 1. The fourth-order valence-corrected chi connectivity index (χ4v) is 2.73. The summed E-state index contributed by atoms with van der Waals surface area (Å²) in [4.78, 5) is 29.0. The number of carbonyl (C=O) groups excluding carboxylic acids is 1. The first kappa shape index (κ1) is 15.5. The number of carbonyl (C=O) groups is 1. The second kappa shape index (κ2) is 6.04. The first-order chi connectivity index (χ1) is 11.6. The summed E-state index contributed by atoms with van der Waals surface area (Å²) < 4.78 is 8.30. The minimum atomic E-state index is -0.678. The molecule has 0 atom stereocenters. The number of ether oxygens (including phenoxy) is 1. The number of benzene rings is 1. The molecule has 24 heavy (non-hydrogen) atoms. The number of aromatic nitrogens is 3. The van der Waals surface area contributed by atoms with Crippen molar-refractivity contribution < 1.29 is 9.53 Å².